The van der Waals surface area contributed by atoms with Crippen LogP contribution < -0.4 is 0 Å². The molecule has 4 heteroatoms. The second-order valence-electron chi connectivity index (χ2n) is 7.61. The van der Waals surface area contributed by atoms with Gasteiger partial charge >= 0.3 is 0 Å². The van der Waals surface area contributed by atoms with Gasteiger partial charge in [0.1, 0.15) is 0 Å². The van der Waals surface area contributed by atoms with E-state index in [2.05, 4.69) is 30.3 Å². The Balaban J connectivity index is 1.52. The molecule has 0 aliphatic rings. The van der Waals surface area contributed by atoms with E-state index in [4.69, 9.17) is 0 Å². The van der Waals surface area contributed by atoms with Gasteiger partial charge in [-0.2, -0.15) is 0 Å². The molecule has 4 N–H and O–H groups in total. The maximum atomic E-state index is 10.0. The van der Waals surface area contributed by atoms with E-state index in [0.717, 1.165) is 29.5 Å². The molecule has 0 aliphatic heterocycles. The smallest absolute Gasteiger partial charge is 0.157 e. The Morgan fingerprint density at radius 1 is 0.433 bits per heavy atom. The molecule has 0 saturated heterocycles. The SMILES string of the molecule is Oc1ccc(CCc2cc(O)c(O)cc2CCc2ccc3ccccc3c2)cc1O. The first-order valence-electron chi connectivity index (χ1n) is 10.0. The van der Waals surface area contributed by atoms with E-state index in [0.29, 0.717) is 12.8 Å². The molecule has 4 aromatic rings. The fourth-order valence-electron chi connectivity index (χ4n) is 3.81. The molecular formula is C26H24O4. The number of hydrogen-bond acceptors (Lipinski definition) is 4. The van der Waals surface area contributed by atoms with Crippen molar-refractivity contribution in [3.63, 3.8) is 0 Å². The fraction of sp³-hybridized carbons (Fsp3) is 0.154. The molecule has 0 atom stereocenters. The van der Waals surface area contributed by atoms with Crippen LogP contribution in [0.5, 0.6) is 23.0 Å². The summed E-state index contributed by atoms with van der Waals surface area (Å²) in [5.74, 6) is -0.530. The van der Waals surface area contributed by atoms with Crippen LogP contribution in [0.15, 0.2) is 72.8 Å². The van der Waals surface area contributed by atoms with E-state index in [1.54, 1.807) is 24.3 Å². The summed E-state index contributed by atoms with van der Waals surface area (Å²) in [7, 11) is 0. The van der Waals surface area contributed by atoms with E-state index in [9.17, 15) is 20.4 Å². The highest BCUT2D eigenvalue weighted by Gasteiger charge is 2.11. The molecule has 0 saturated carbocycles. The van der Waals surface area contributed by atoms with Crippen LogP contribution >= 0.6 is 0 Å². The number of phenols is 4. The minimum atomic E-state index is -0.142. The summed E-state index contributed by atoms with van der Waals surface area (Å²) in [5.41, 5.74) is 4.05. The Labute approximate surface area is 175 Å². The molecule has 4 nitrogen and oxygen atoms in total. The van der Waals surface area contributed by atoms with Gasteiger partial charge in [0, 0.05) is 0 Å². The van der Waals surface area contributed by atoms with E-state index < -0.39 is 0 Å². The third-order valence-electron chi connectivity index (χ3n) is 5.52. The first kappa shape index (κ1) is 19.6. The van der Waals surface area contributed by atoms with Crippen molar-refractivity contribution in [1.29, 1.82) is 0 Å². The van der Waals surface area contributed by atoms with Crippen molar-refractivity contribution in [2.45, 2.75) is 25.7 Å². The normalized spacial score (nSPS) is 11.1. The third kappa shape index (κ3) is 4.33. The molecule has 0 spiro atoms. The first-order chi connectivity index (χ1) is 14.5. The zero-order valence-electron chi connectivity index (χ0n) is 16.5. The molecule has 0 amide bonds. The van der Waals surface area contributed by atoms with Crippen LogP contribution in [0, 0.1) is 0 Å². The van der Waals surface area contributed by atoms with E-state index >= 15 is 0 Å². The minimum absolute atomic E-state index is 0.116. The van der Waals surface area contributed by atoms with Gasteiger partial charge in [0.25, 0.3) is 0 Å². The average molecular weight is 400 g/mol. The maximum Gasteiger partial charge on any atom is 0.157 e. The van der Waals surface area contributed by atoms with Crippen molar-refractivity contribution < 1.29 is 20.4 Å². The fourth-order valence-corrected chi connectivity index (χ4v) is 3.81. The lowest BCUT2D eigenvalue weighted by atomic mass is 9.94. The molecule has 0 aromatic heterocycles. The maximum absolute atomic E-state index is 10.0. The third-order valence-corrected chi connectivity index (χ3v) is 5.52. The molecule has 0 aliphatic carbocycles. The number of phenolic OH excluding ortho intramolecular Hbond substituents is 4. The summed E-state index contributed by atoms with van der Waals surface area (Å²) >= 11 is 0. The zero-order chi connectivity index (χ0) is 21.1. The highest BCUT2D eigenvalue weighted by atomic mass is 16.3. The van der Waals surface area contributed by atoms with Crippen molar-refractivity contribution in [2.24, 2.45) is 0 Å². The van der Waals surface area contributed by atoms with Crippen LogP contribution in [0.3, 0.4) is 0 Å². The monoisotopic (exact) mass is 400 g/mol. The zero-order valence-corrected chi connectivity index (χ0v) is 16.5. The van der Waals surface area contributed by atoms with Gasteiger partial charge in [-0.25, -0.2) is 0 Å². The summed E-state index contributed by atoms with van der Waals surface area (Å²) in [6.07, 6.45) is 2.84. The van der Waals surface area contributed by atoms with Gasteiger partial charge in [-0.3, -0.25) is 0 Å². The van der Waals surface area contributed by atoms with Crippen LogP contribution in [0.4, 0.5) is 0 Å². The Morgan fingerprint density at radius 3 is 1.60 bits per heavy atom. The average Bonchev–Trinajstić information content (AvgIpc) is 2.75. The predicted molar refractivity (Wildman–Crippen MR) is 118 cm³/mol. The van der Waals surface area contributed by atoms with Crippen LogP contribution in [-0.2, 0) is 25.7 Å². The number of aromatic hydroxyl groups is 4. The molecule has 0 fully saturated rings. The van der Waals surface area contributed by atoms with Crippen molar-refractivity contribution in [3.8, 4) is 23.0 Å². The topological polar surface area (TPSA) is 80.9 Å². The number of fused-ring (bicyclic) bond motifs is 1. The van der Waals surface area contributed by atoms with Gasteiger partial charge in [0.2, 0.25) is 0 Å². The quantitative estimate of drug-likeness (QED) is 0.334. The molecule has 0 radical (unpaired) electrons. The van der Waals surface area contributed by atoms with Crippen molar-refractivity contribution in [1.82, 2.24) is 0 Å². The molecule has 0 bridgehead atoms. The molecule has 0 heterocycles. The Morgan fingerprint density at radius 2 is 0.967 bits per heavy atom. The lowest BCUT2D eigenvalue weighted by Crippen LogP contribution is -2.00. The van der Waals surface area contributed by atoms with E-state index in [-0.39, 0.29) is 23.0 Å². The van der Waals surface area contributed by atoms with Crippen molar-refractivity contribution in [3.05, 3.63) is 95.1 Å². The number of hydrogen-bond donors (Lipinski definition) is 4. The first-order valence-corrected chi connectivity index (χ1v) is 10.0. The van der Waals surface area contributed by atoms with Gasteiger partial charge in [0.15, 0.2) is 23.0 Å². The number of rotatable bonds is 6. The largest absolute Gasteiger partial charge is 0.504 e. The lowest BCUT2D eigenvalue weighted by molar-refractivity contribution is 0.402. The second kappa shape index (κ2) is 8.37. The second-order valence-corrected chi connectivity index (χ2v) is 7.61. The molecule has 0 unspecified atom stereocenters. The van der Waals surface area contributed by atoms with Gasteiger partial charge < -0.3 is 20.4 Å². The van der Waals surface area contributed by atoms with Gasteiger partial charge in [-0.15, -0.1) is 0 Å². The van der Waals surface area contributed by atoms with Crippen LogP contribution in [-0.4, -0.2) is 20.4 Å². The number of aryl methyl sites for hydroxylation is 4. The summed E-state index contributed by atoms with van der Waals surface area (Å²) < 4.78 is 0. The number of benzene rings is 4. The standard InChI is InChI=1S/C26H24O4/c27-23-12-8-18(14-24(23)28)7-11-22-16-26(30)25(29)15-21(22)10-6-17-5-9-19-3-1-2-4-20(19)13-17/h1-5,8-9,12-16,27-30H,6-7,10-11H2. The van der Waals surface area contributed by atoms with Crippen molar-refractivity contribution >= 4 is 10.8 Å². The molecule has 4 aromatic carbocycles. The highest BCUT2D eigenvalue weighted by molar-refractivity contribution is 5.83. The van der Waals surface area contributed by atoms with Gasteiger partial charge in [0.05, 0.1) is 0 Å². The van der Waals surface area contributed by atoms with Crippen LogP contribution in [0.2, 0.25) is 0 Å². The highest BCUT2D eigenvalue weighted by Crippen LogP contribution is 2.31. The molecule has 30 heavy (non-hydrogen) atoms. The summed E-state index contributed by atoms with van der Waals surface area (Å²) in [5, 5.41) is 41.6. The predicted octanol–water partition coefficient (Wildman–Crippen LogP) is 5.23. The van der Waals surface area contributed by atoms with Crippen LogP contribution in [0.1, 0.15) is 22.3 Å². The van der Waals surface area contributed by atoms with E-state index in [1.165, 1.54) is 22.4 Å². The molecular weight excluding hydrogens is 376 g/mol. The van der Waals surface area contributed by atoms with E-state index in [1.807, 2.05) is 12.1 Å². The Kier molecular flexibility index (Phi) is 5.48. The molecule has 152 valence electrons. The van der Waals surface area contributed by atoms with Gasteiger partial charge in [-0.05, 0) is 83.0 Å². The molecule has 4 rings (SSSR count). The summed E-state index contributed by atoms with van der Waals surface area (Å²) in [4.78, 5) is 0. The summed E-state index contributed by atoms with van der Waals surface area (Å²) in [6.45, 7) is 0. The summed E-state index contributed by atoms with van der Waals surface area (Å²) in [6, 6.07) is 22.7. The van der Waals surface area contributed by atoms with Crippen LogP contribution in [0.25, 0.3) is 10.8 Å². The lowest BCUT2D eigenvalue weighted by Gasteiger charge is -2.13. The van der Waals surface area contributed by atoms with Gasteiger partial charge in [-0.1, -0.05) is 48.5 Å². The Hall–Kier alpha value is -3.66. The van der Waals surface area contributed by atoms with Crippen molar-refractivity contribution in [2.75, 3.05) is 0 Å². The Bertz CT molecular complexity index is 1200. The minimum Gasteiger partial charge on any atom is -0.504 e.